The lowest BCUT2D eigenvalue weighted by Crippen LogP contribution is -2.46. The van der Waals surface area contributed by atoms with Crippen molar-refractivity contribution in [2.45, 2.75) is 31.7 Å². The molecule has 0 unspecified atom stereocenters. The monoisotopic (exact) mass is 289 g/mol. The van der Waals surface area contributed by atoms with Crippen molar-refractivity contribution in [3.05, 3.63) is 0 Å². The first-order chi connectivity index (χ1) is 8.99. The summed E-state index contributed by atoms with van der Waals surface area (Å²) in [4.78, 5) is 2.27. The third kappa shape index (κ3) is 4.15. The summed E-state index contributed by atoms with van der Waals surface area (Å²) in [6.07, 6.45) is 3.89. The molecule has 2 aliphatic rings. The molecule has 5 nitrogen and oxygen atoms in total. The molecule has 0 aromatic heterocycles. The van der Waals surface area contributed by atoms with Gasteiger partial charge in [0.25, 0.3) is 0 Å². The van der Waals surface area contributed by atoms with Crippen LogP contribution in [0.5, 0.6) is 0 Å². The first-order valence-corrected chi connectivity index (χ1v) is 8.95. The molecule has 0 aliphatic carbocycles. The fraction of sp³-hybridized carbons (Fsp3) is 1.00. The first kappa shape index (κ1) is 15.2. The summed E-state index contributed by atoms with van der Waals surface area (Å²) in [5.74, 6) is 0.664. The average molecular weight is 289 g/mol. The Balaban J connectivity index is 1.90. The molecule has 0 amide bonds. The highest BCUT2D eigenvalue weighted by atomic mass is 32.2. The number of nitrogens with one attached hydrogen (secondary N) is 1. The fourth-order valence-electron chi connectivity index (χ4n) is 3.05. The lowest BCUT2D eigenvalue weighted by molar-refractivity contribution is 0.197. The molecule has 0 radical (unpaired) electrons. The van der Waals surface area contributed by atoms with Gasteiger partial charge in [-0.25, -0.2) is 12.7 Å². The largest absolute Gasteiger partial charge is 0.317 e. The van der Waals surface area contributed by atoms with Crippen LogP contribution in [0.3, 0.4) is 0 Å². The molecule has 0 aromatic rings. The van der Waals surface area contributed by atoms with E-state index in [-0.39, 0.29) is 6.04 Å². The molecule has 2 rings (SSSR count). The minimum atomic E-state index is -3.09. The normalized spacial score (nSPS) is 25.0. The Hall–Kier alpha value is -0.170. The molecule has 0 saturated carbocycles. The minimum Gasteiger partial charge on any atom is -0.317 e. The SMILES string of the molecule is CN1CCC(N(C)S(=O)(=O)CC2CCNCC2)CC1. The van der Waals surface area contributed by atoms with Crippen molar-refractivity contribution in [3.8, 4) is 0 Å². The van der Waals surface area contributed by atoms with Crippen LogP contribution < -0.4 is 5.32 Å². The van der Waals surface area contributed by atoms with Gasteiger partial charge in [0.15, 0.2) is 0 Å². The highest BCUT2D eigenvalue weighted by molar-refractivity contribution is 7.89. The maximum Gasteiger partial charge on any atom is 0.214 e. The molecule has 2 saturated heterocycles. The van der Waals surface area contributed by atoms with E-state index in [1.54, 1.807) is 11.4 Å². The molecule has 19 heavy (non-hydrogen) atoms. The predicted octanol–water partition coefficient (Wildman–Crippen LogP) is 0.342. The molecular weight excluding hydrogens is 262 g/mol. The number of hydrogen-bond acceptors (Lipinski definition) is 4. The average Bonchev–Trinajstić information content (AvgIpc) is 2.39. The Morgan fingerprint density at radius 2 is 1.74 bits per heavy atom. The van der Waals surface area contributed by atoms with E-state index >= 15 is 0 Å². The van der Waals surface area contributed by atoms with Gasteiger partial charge in [-0.3, -0.25) is 0 Å². The van der Waals surface area contributed by atoms with Gasteiger partial charge in [0.05, 0.1) is 5.75 Å². The summed E-state index contributed by atoms with van der Waals surface area (Å²) in [5, 5.41) is 3.28. The van der Waals surface area contributed by atoms with Crippen LogP contribution in [0.2, 0.25) is 0 Å². The van der Waals surface area contributed by atoms with Crippen molar-refractivity contribution >= 4 is 10.0 Å². The maximum atomic E-state index is 12.5. The molecule has 2 aliphatic heterocycles. The Morgan fingerprint density at radius 3 is 2.32 bits per heavy atom. The van der Waals surface area contributed by atoms with Gasteiger partial charge >= 0.3 is 0 Å². The number of likely N-dealkylation sites (tertiary alicyclic amines) is 1. The van der Waals surface area contributed by atoms with Crippen LogP contribution in [-0.4, -0.2) is 69.7 Å². The summed E-state index contributed by atoms with van der Waals surface area (Å²) >= 11 is 0. The van der Waals surface area contributed by atoms with Crippen LogP contribution >= 0.6 is 0 Å². The highest BCUT2D eigenvalue weighted by Crippen LogP contribution is 2.21. The van der Waals surface area contributed by atoms with E-state index in [4.69, 9.17) is 0 Å². The van der Waals surface area contributed by atoms with Gasteiger partial charge < -0.3 is 10.2 Å². The lowest BCUT2D eigenvalue weighted by Gasteiger charge is -2.35. The maximum absolute atomic E-state index is 12.5. The number of nitrogens with zero attached hydrogens (tertiary/aromatic N) is 2. The number of sulfonamides is 1. The van der Waals surface area contributed by atoms with Gasteiger partial charge in [0, 0.05) is 13.1 Å². The zero-order valence-electron chi connectivity index (χ0n) is 12.1. The van der Waals surface area contributed by atoms with Crippen LogP contribution in [0.1, 0.15) is 25.7 Å². The van der Waals surface area contributed by atoms with E-state index in [1.807, 2.05) is 0 Å². The van der Waals surface area contributed by atoms with Crippen LogP contribution in [-0.2, 0) is 10.0 Å². The molecule has 0 spiro atoms. The second-order valence-electron chi connectivity index (χ2n) is 6.02. The summed E-state index contributed by atoms with van der Waals surface area (Å²) in [6.45, 7) is 3.91. The molecule has 0 aromatic carbocycles. The molecule has 1 N–H and O–H groups in total. The third-order valence-corrected chi connectivity index (χ3v) is 6.61. The zero-order chi connectivity index (χ0) is 13.9. The summed E-state index contributed by atoms with van der Waals surface area (Å²) in [7, 11) is 0.777. The smallest absolute Gasteiger partial charge is 0.214 e. The van der Waals surface area contributed by atoms with E-state index in [2.05, 4.69) is 17.3 Å². The Bertz CT molecular complexity index is 371. The molecule has 112 valence electrons. The van der Waals surface area contributed by atoms with E-state index < -0.39 is 10.0 Å². The van der Waals surface area contributed by atoms with Crippen LogP contribution in [0, 0.1) is 5.92 Å². The standard InChI is InChI=1S/C13H27N3O2S/c1-15-9-5-13(6-10-15)16(2)19(17,18)11-12-3-7-14-8-4-12/h12-14H,3-11H2,1-2H3. The predicted molar refractivity (Wildman–Crippen MR) is 77.7 cm³/mol. The van der Waals surface area contributed by atoms with Crippen LogP contribution in [0.4, 0.5) is 0 Å². The van der Waals surface area contributed by atoms with Crippen molar-refractivity contribution in [2.24, 2.45) is 5.92 Å². The molecule has 0 bridgehead atoms. The Labute approximate surface area is 117 Å². The van der Waals surface area contributed by atoms with E-state index in [0.717, 1.165) is 51.9 Å². The summed E-state index contributed by atoms with van der Waals surface area (Å²) < 4.78 is 26.6. The minimum absolute atomic E-state index is 0.197. The summed E-state index contributed by atoms with van der Waals surface area (Å²) in [6, 6.07) is 0.197. The molecule has 2 heterocycles. The lowest BCUT2D eigenvalue weighted by atomic mass is 10.0. The number of piperidine rings is 2. The Kier molecular flexibility index (Phi) is 5.22. The van der Waals surface area contributed by atoms with Gasteiger partial charge in [-0.2, -0.15) is 0 Å². The molecular formula is C13H27N3O2S. The summed E-state index contributed by atoms with van der Waals surface area (Å²) in [5.41, 5.74) is 0. The highest BCUT2D eigenvalue weighted by Gasteiger charge is 2.31. The van der Waals surface area contributed by atoms with Gasteiger partial charge in [0.1, 0.15) is 0 Å². The van der Waals surface area contributed by atoms with Crippen molar-refractivity contribution in [2.75, 3.05) is 46.0 Å². The number of hydrogen-bond donors (Lipinski definition) is 1. The second kappa shape index (κ2) is 6.52. The van der Waals surface area contributed by atoms with E-state index in [9.17, 15) is 8.42 Å². The Morgan fingerprint density at radius 1 is 1.16 bits per heavy atom. The van der Waals surface area contributed by atoms with Gasteiger partial charge in [-0.1, -0.05) is 0 Å². The van der Waals surface area contributed by atoms with Crippen molar-refractivity contribution < 1.29 is 8.42 Å². The van der Waals surface area contributed by atoms with Gasteiger partial charge in [-0.15, -0.1) is 0 Å². The van der Waals surface area contributed by atoms with Crippen molar-refractivity contribution in [1.82, 2.24) is 14.5 Å². The van der Waals surface area contributed by atoms with Crippen molar-refractivity contribution in [1.29, 1.82) is 0 Å². The molecule has 2 fully saturated rings. The van der Waals surface area contributed by atoms with Gasteiger partial charge in [0.2, 0.25) is 10.0 Å². The first-order valence-electron chi connectivity index (χ1n) is 7.34. The van der Waals surface area contributed by atoms with Crippen LogP contribution in [0.25, 0.3) is 0 Å². The number of rotatable bonds is 4. The quantitative estimate of drug-likeness (QED) is 0.811. The van der Waals surface area contributed by atoms with Crippen molar-refractivity contribution in [3.63, 3.8) is 0 Å². The zero-order valence-corrected chi connectivity index (χ0v) is 13.0. The fourth-order valence-corrected chi connectivity index (χ4v) is 4.88. The van der Waals surface area contributed by atoms with Gasteiger partial charge in [-0.05, 0) is 64.8 Å². The molecule has 0 atom stereocenters. The third-order valence-electron chi connectivity index (χ3n) is 4.55. The topological polar surface area (TPSA) is 52.7 Å². The van der Waals surface area contributed by atoms with E-state index in [1.165, 1.54) is 0 Å². The van der Waals surface area contributed by atoms with Crippen LogP contribution in [0.15, 0.2) is 0 Å². The molecule has 6 heteroatoms. The second-order valence-corrected chi connectivity index (χ2v) is 8.10. The van der Waals surface area contributed by atoms with E-state index in [0.29, 0.717) is 11.7 Å².